The van der Waals surface area contributed by atoms with Crippen molar-refractivity contribution in [1.29, 1.82) is 0 Å². The summed E-state index contributed by atoms with van der Waals surface area (Å²) in [6.45, 7) is 0. The maximum Gasteiger partial charge on any atom is 0.0927 e. The van der Waals surface area contributed by atoms with E-state index >= 15 is 0 Å². The van der Waals surface area contributed by atoms with Crippen molar-refractivity contribution in [3.8, 4) is 0 Å². The summed E-state index contributed by atoms with van der Waals surface area (Å²) >= 11 is 1.80. The lowest BCUT2D eigenvalue weighted by Gasteiger charge is -1.43. The van der Waals surface area contributed by atoms with Crippen LogP contribution in [0.15, 0.2) is 10.4 Å². The van der Waals surface area contributed by atoms with Crippen LogP contribution in [0.25, 0.3) is 0 Å². The van der Waals surface area contributed by atoms with E-state index in [9.17, 15) is 4.39 Å². The summed E-state index contributed by atoms with van der Waals surface area (Å²) < 4.78 is 11.8. The Morgan fingerprint density at radius 1 is 1.75 bits per heavy atom. The van der Waals surface area contributed by atoms with Crippen molar-refractivity contribution in [2.45, 2.75) is 0 Å². The quantitative estimate of drug-likeness (QED) is 0.489. The van der Waals surface area contributed by atoms with E-state index in [0.717, 1.165) is 0 Å². The van der Waals surface area contributed by atoms with E-state index in [1.807, 2.05) is 0 Å². The fraction of sp³-hybridized carbons (Fsp3) is 0. The zero-order chi connectivity index (χ0) is 3.41. The van der Waals surface area contributed by atoms with E-state index in [1.165, 1.54) is 4.08 Å². The average Bonchev–Trinajstić information content (AvgIpc) is 1.37. The summed E-state index contributed by atoms with van der Waals surface area (Å²) in [7, 11) is 0. The molecule has 0 aliphatic rings. The number of hydrogen-bond donors (Lipinski definition) is 0. The molecule has 0 heterocycles. The summed E-state index contributed by atoms with van der Waals surface area (Å²) in [6, 6.07) is 0. The molecule has 2 heteroatoms. The normalized spacial score (nSPS) is 9.50. The molecule has 0 aromatic carbocycles. The van der Waals surface area contributed by atoms with Gasteiger partial charge in [0.2, 0.25) is 0 Å². The molecule has 0 saturated heterocycles. The van der Waals surface area contributed by atoms with Crippen molar-refractivity contribution in [1.82, 2.24) is 0 Å². The van der Waals surface area contributed by atoms with Crippen LogP contribution in [0, 0.1) is 0 Å². The third-order valence-electron chi connectivity index (χ3n) is 0.0476. The van der Waals surface area contributed by atoms with Crippen molar-refractivity contribution in [3.63, 3.8) is 0 Å². The zero-order valence-corrected chi connectivity index (χ0v) is 4.07. The molecule has 0 bridgehead atoms. The van der Waals surface area contributed by atoms with Crippen LogP contribution >= 0.6 is 22.6 Å². The predicted octanol–water partition coefficient (Wildman–Crippen LogP) is 1.86. The van der Waals surface area contributed by atoms with Gasteiger partial charge < -0.3 is 0 Å². The van der Waals surface area contributed by atoms with Gasteiger partial charge in [0.05, 0.1) is 6.33 Å². The largest absolute Gasteiger partial charge is 0.215 e. The lowest BCUT2D eigenvalue weighted by Crippen LogP contribution is -1.13. The first kappa shape index (κ1) is 4.40. The van der Waals surface area contributed by atoms with Crippen LogP contribution in [0.1, 0.15) is 0 Å². The van der Waals surface area contributed by atoms with E-state index in [4.69, 9.17) is 0 Å². The molecule has 0 aromatic rings. The summed E-state index contributed by atoms with van der Waals surface area (Å²) in [5.74, 6) is 0. The van der Waals surface area contributed by atoms with Gasteiger partial charge in [-0.2, -0.15) is 0 Å². The van der Waals surface area contributed by atoms with E-state index < -0.39 is 0 Å². The predicted molar refractivity (Wildman–Crippen MR) is 24.3 cm³/mol. The minimum absolute atomic E-state index is 0.487. The van der Waals surface area contributed by atoms with Gasteiger partial charge in [0.25, 0.3) is 0 Å². The van der Waals surface area contributed by atoms with Crippen LogP contribution < -0.4 is 0 Å². The monoisotopic (exact) mass is 172 g/mol. The van der Waals surface area contributed by atoms with Crippen molar-refractivity contribution >= 4 is 22.6 Å². The minimum Gasteiger partial charge on any atom is -0.215 e. The summed E-state index contributed by atoms with van der Waals surface area (Å²) in [5, 5.41) is 0. The third-order valence-corrected chi connectivity index (χ3v) is 0.319. The first-order valence-corrected chi connectivity index (χ1v) is 2.02. The second-order valence-corrected chi connectivity index (χ2v) is 0.971. The van der Waals surface area contributed by atoms with Crippen LogP contribution in [-0.2, 0) is 0 Å². The lowest BCUT2D eigenvalue weighted by molar-refractivity contribution is 0.724. The Morgan fingerprint density at radius 2 is 2.00 bits per heavy atom. The van der Waals surface area contributed by atoms with Crippen LogP contribution in [-0.4, -0.2) is 0 Å². The van der Waals surface area contributed by atoms with Gasteiger partial charge in [-0.25, -0.2) is 4.39 Å². The van der Waals surface area contributed by atoms with Crippen LogP contribution in [0.2, 0.25) is 0 Å². The third kappa shape index (κ3) is 2.40. The number of hydrogen-bond acceptors (Lipinski definition) is 0. The Hall–Kier alpha value is 0.400. The average molecular weight is 172 g/mol. The van der Waals surface area contributed by atoms with E-state index in [1.54, 1.807) is 22.6 Å². The molecule has 0 nitrogen and oxygen atoms in total. The molecule has 0 N–H and O–H groups in total. The first-order valence-electron chi connectivity index (χ1n) is 0.770. The highest BCUT2D eigenvalue weighted by Crippen LogP contribution is 1.80. The summed E-state index contributed by atoms with van der Waals surface area (Å²) in [6.07, 6.45) is 0.487. The maximum absolute atomic E-state index is 10.5. The molecule has 0 amide bonds. The number of rotatable bonds is 0. The van der Waals surface area contributed by atoms with E-state index in [2.05, 4.69) is 0 Å². The molecule has 0 radical (unpaired) electrons. The van der Waals surface area contributed by atoms with Gasteiger partial charge >= 0.3 is 0 Å². The molecule has 0 spiro atoms. The first-order chi connectivity index (χ1) is 1.91. The van der Waals surface area contributed by atoms with Gasteiger partial charge in [0.15, 0.2) is 0 Å². The van der Waals surface area contributed by atoms with Crippen molar-refractivity contribution in [2.24, 2.45) is 0 Å². The van der Waals surface area contributed by atoms with Crippen LogP contribution in [0.5, 0.6) is 0 Å². The Bertz CT molecular complexity index is 21.2. The van der Waals surface area contributed by atoms with Crippen molar-refractivity contribution in [2.75, 3.05) is 0 Å². The number of halogens is 2. The molecular weight excluding hydrogens is 170 g/mol. The standard InChI is InChI=1S/C2H2FI/c3-1-2-4/h1-2H/b2-1+. The highest BCUT2D eigenvalue weighted by Gasteiger charge is 1.41. The Labute approximate surface area is 37.8 Å². The van der Waals surface area contributed by atoms with Gasteiger partial charge in [-0.3, -0.25) is 0 Å². The molecule has 4 heavy (non-hydrogen) atoms. The molecule has 24 valence electrons. The minimum atomic E-state index is 0.487. The van der Waals surface area contributed by atoms with Gasteiger partial charge in [-0.1, -0.05) is 22.6 Å². The van der Waals surface area contributed by atoms with E-state index in [0.29, 0.717) is 6.33 Å². The topological polar surface area (TPSA) is 0 Å². The highest BCUT2D eigenvalue weighted by atomic mass is 127. The summed E-state index contributed by atoms with van der Waals surface area (Å²) in [4.78, 5) is 0. The van der Waals surface area contributed by atoms with Crippen LogP contribution in [0.3, 0.4) is 0 Å². The molecule has 0 unspecified atom stereocenters. The Kier molecular flexibility index (Phi) is 3.74. The Balaban J connectivity index is 2.55. The van der Waals surface area contributed by atoms with Gasteiger partial charge in [0, 0.05) is 4.08 Å². The van der Waals surface area contributed by atoms with Crippen molar-refractivity contribution in [3.05, 3.63) is 10.4 Å². The molecule has 0 atom stereocenters. The Morgan fingerprint density at radius 3 is 2.00 bits per heavy atom. The second kappa shape index (κ2) is 3.40. The molecule has 0 aliphatic carbocycles. The molecule has 0 aromatic heterocycles. The van der Waals surface area contributed by atoms with Gasteiger partial charge in [0.1, 0.15) is 0 Å². The fourth-order valence-electron chi connectivity index (χ4n) is 0. The lowest BCUT2D eigenvalue weighted by atomic mass is 11.2. The smallest absolute Gasteiger partial charge is 0.0927 e. The molecule has 0 fully saturated rings. The van der Waals surface area contributed by atoms with Crippen molar-refractivity contribution < 1.29 is 4.39 Å². The molecule has 0 saturated carbocycles. The zero-order valence-electron chi connectivity index (χ0n) is 1.91. The maximum atomic E-state index is 10.5. The molecule has 0 rings (SSSR count). The van der Waals surface area contributed by atoms with Gasteiger partial charge in [-0.05, 0) is 0 Å². The second-order valence-electron chi connectivity index (χ2n) is 0.252. The van der Waals surface area contributed by atoms with E-state index in [-0.39, 0.29) is 0 Å². The summed E-state index contributed by atoms with van der Waals surface area (Å²) in [5.41, 5.74) is 0. The van der Waals surface area contributed by atoms with Crippen LogP contribution in [0.4, 0.5) is 4.39 Å². The van der Waals surface area contributed by atoms with Gasteiger partial charge in [-0.15, -0.1) is 0 Å². The highest BCUT2D eigenvalue weighted by molar-refractivity contribution is 14.1. The fourth-order valence-corrected chi connectivity index (χ4v) is 0. The molecule has 0 aliphatic heterocycles. The molecular formula is C2H2FI. The SMILES string of the molecule is F/C=C/I.